The molecular formula is C34H40Cl2N4O3. The minimum absolute atomic E-state index is 0.0348. The molecule has 2 aliphatic rings. The summed E-state index contributed by atoms with van der Waals surface area (Å²) in [6.45, 7) is 13.4. The van der Waals surface area contributed by atoms with E-state index in [1.165, 1.54) is 0 Å². The zero-order valence-corrected chi connectivity index (χ0v) is 27.2. The van der Waals surface area contributed by atoms with Crippen LogP contribution in [0.25, 0.3) is 0 Å². The number of ether oxygens (including phenoxy) is 2. The summed E-state index contributed by atoms with van der Waals surface area (Å²) in [5.41, 5.74) is 2.65. The molecule has 0 bridgehead atoms. The lowest BCUT2D eigenvalue weighted by Crippen LogP contribution is -2.57. The molecule has 0 saturated carbocycles. The number of hydrogen-bond acceptors (Lipinski definition) is 5. The van der Waals surface area contributed by atoms with Gasteiger partial charge in [-0.3, -0.25) is 14.8 Å². The van der Waals surface area contributed by atoms with Gasteiger partial charge >= 0.3 is 6.03 Å². The minimum Gasteiger partial charge on any atom is -0.497 e. The fourth-order valence-corrected chi connectivity index (χ4v) is 5.99. The predicted molar refractivity (Wildman–Crippen MR) is 174 cm³/mol. The summed E-state index contributed by atoms with van der Waals surface area (Å²) in [7, 11) is 1.63. The van der Waals surface area contributed by atoms with E-state index in [-0.39, 0.29) is 23.7 Å². The normalized spacial score (nSPS) is 19.5. The first-order valence-corrected chi connectivity index (χ1v) is 15.5. The number of carbonyl (C=O) groups excluding carboxylic acids is 1. The number of carbonyl (C=O) groups is 1. The molecule has 5 rings (SSSR count). The number of aliphatic imine (C=N–C) groups is 1. The molecule has 2 heterocycles. The number of nitrogens with zero attached hydrogens (tertiary/aromatic N) is 4. The molecule has 0 N–H and O–H groups in total. The number of urea groups is 1. The molecule has 7 nitrogen and oxygen atoms in total. The fraction of sp³-hybridized carbons (Fsp3) is 0.412. The van der Waals surface area contributed by atoms with E-state index in [1.54, 1.807) is 7.11 Å². The Labute approximate surface area is 265 Å². The lowest BCUT2D eigenvalue weighted by atomic mass is 9.93. The van der Waals surface area contributed by atoms with Gasteiger partial charge in [0, 0.05) is 47.8 Å². The van der Waals surface area contributed by atoms with E-state index in [4.69, 9.17) is 37.7 Å². The summed E-state index contributed by atoms with van der Waals surface area (Å²) < 4.78 is 11.8. The Kier molecular flexibility index (Phi) is 9.26. The maximum atomic E-state index is 14.7. The van der Waals surface area contributed by atoms with Crippen molar-refractivity contribution in [2.24, 2.45) is 4.99 Å². The number of hydrogen-bond donors (Lipinski definition) is 0. The van der Waals surface area contributed by atoms with Crippen molar-refractivity contribution in [2.75, 3.05) is 33.3 Å². The highest BCUT2D eigenvalue weighted by atomic mass is 35.5. The monoisotopic (exact) mass is 622 g/mol. The van der Waals surface area contributed by atoms with Gasteiger partial charge in [0.25, 0.3) is 0 Å². The van der Waals surface area contributed by atoms with Crippen LogP contribution in [0, 0.1) is 0 Å². The summed E-state index contributed by atoms with van der Waals surface area (Å²) in [6, 6.07) is 20.1. The Hall–Kier alpha value is -3.26. The van der Waals surface area contributed by atoms with Gasteiger partial charge in [-0.05, 0) is 82.1 Å². The van der Waals surface area contributed by atoms with E-state index in [0.717, 1.165) is 29.8 Å². The fourth-order valence-electron chi connectivity index (χ4n) is 5.74. The Morgan fingerprint density at radius 3 is 2.00 bits per heavy atom. The van der Waals surface area contributed by atoms with Gasteiger partial charge in [0.2, 0.25) is 0 Å². The summed E-state index contributed by atoms with van der Waals surface area (Å²) in [6.07, 6.45) is -0.0957. The second kappa shape index (κ2) is 12.8. The second-order valence-corrected chi connectivity index (χ2v) is 13.1. The number of piperazine rings is 1. The van der Waals surface area contributed by atoms with Gasteiger partial charge in [0.15, 0.2) is 0 Å². The molecule has 0 spiro atoms. The van der Waals surface area contributed by atoms with Crippen molar-refractivity contribution in [2.45, 2.75) is 58.3 Å². The van der Waals surface area contributed by atoms with E-state index in [2.05, 4.69) is 25.7 Å². The lowest BCUT2D eigenvalue weighted by molar-refractivity contribution is 0.0668. The molecule has 2 amide bonds. The van der Waals surface area contributed by atoms with Crippen LogP contribution >= 0.6 is 23.2 Å². The van der Waals surface area contributed by atoms with Crippen LogP contribution in [-0.4, -0.2) is 71.5 Å². The molecule has 2 atom stereocenters. The highest BCUT2D eigenvalue weighted by molar-refractivity contribution is 6.30. The number of methoxy groups -OCH3 is 1. The molecule has 43 heavy (non-hydrogen) atoms. The quantitative estimate of drug-likeness (QED) is 0.281. The molecule has 9 heteroatoms. The summed E-state index contributed by atoms with van der Waals surface area (Å²) in [4.78, 5) is 26.2. The van der Waals surface area contributed by atoms with Crippen molar-refractivity contribution in [1.82, 2.24) is 14.7 Å². The zero-order chi connectivity index (χ0) is 30.9. The van der Waals surface area contributed by atoms with Crippen LogP contribution in [0.2, 0.25) is 10.0 Å². The Balaban J connectivity index is 1.65. The van der Waals surface area contributed by atoms with Crippen molar-refractivity contribution in [1.29, 1.82) is 0 Å². The Bertz CT molecular complexity index is 1460. The number of amides is 2. The average molecular weight is 624 g/mol. The Morgan fingerprint density at radius 1 is 0.884 bits per heavy atom. The molecule has 0 radical (unpaired) electrons. The highest BCUT2D eigenvalue weighted by Gasteiger charge is 2.45. The van der Waals surface area contributed by atoms with Crippen LogP contribution in [0.4, 0.5) is 4.79 Å². The first-order chi connectivity index (χ1) is 20.5. The Morgan fingerprint density at radius 2 is 1.47 bits per heavy atom. The molecule has 228 valence electrons. The van der Waals surface area contributed by atoms with Crippen molar-refractivity contribution in [3.63, 3.8) is 0 Å². The maximum absolute atomic E-state index is 14.7. The van der Waals surface area contributed by atoms with Crippen molar-refractivity contribution >= 4 is 35.1 Å². The highest BCUT2D eigenvalue weighted by Crippen LogP contribution is 2.46. The number of amidine groups is 1. The number of rotatable bonds is 6. The molecular weight excluding hydrogens is 583 g/mol. The van der Waals surface area contributed by atoms with Crippen LogP contribution in [0.3, 0.4) is 0 Å². The minimum atomic E-state index is -0.421. The molecule has 0 unspecified atom stereocenters. The summed E-state index contributed by atoms with van der Waals surface area (Å²) in [5.74, 6) is 1.83. The second-order valence-electron chi connectivity index (χ2n) is 12.3. The third-order valence-corrected chi connectivity index (χ3v) is 8.49. The van der Waals surface area contributed by atoms with Crippen molar-refractivity contribution in [3.8, 4) is 11.5 Å². The average Bonchev–Trinajstić information content (AvgIpc) is 3.37. The smallest absolute Gasteiger partial charge is 0.326 e. The predicted octanol–water partition coefficient (Wildman–Crippen LogP) is 7.87. The molecule has 2 aliphatic heterocycles. The van der Waals surface area contributed by atoms with Gasteiger partial charge in [-0.1, -0.05) is 47.5 Å². The van der Waals surface area contributed by atoms with Gasteiger partial charge in [-0.25, -0.2) is 4.79 Å². The van der Waals surface area contributed by atoms with Gasteiger partial charge in [-0.2, -0.15) is 0 Å². The van der Waals surface area contributed by atoms with E-state index in [9.17, 15) is 4.79 Å². The van der Waals surface area contributed by atoms with E-state index < -0.39 is 6.04 Å². The van der Waals surface area contributed by atoms with Crippen LogP contribution in [0.15, 0.2) is 71.7 Å². The standard InChI is InChI=1S/C34H40Cl2N4O3/c1-22(2)43-29-21-27(42-6)15-16-28(29)32-37-30(23-7-11-25(35)12-8-23)31(24-9-13-26(36)14-10-24)40(32)33(41)38-17-19-39(20-18-38)34(3,4)5/h7-16,21-22,30-31H,17-20H2,1-6H3/t30-,31+/m0/s1. The first kappa shape index (κ1) is 31.2. The molecule has 1 saturated heterocycles. The molecule has 0 aromatic heterocycles. The number of halogens is 2. The van der Waals surface area contributed by atoms with Gasteiger partial charge in [0.1, 0.15) is 23.4 Å². The van der Waals surface area contributed by atoms with Crippen LogP contribution in [0.1, 0.15) is 63.4 Å². The van der Waals surface area contributed by atoms with Crippen LogP contribution in [0.5, 0.6) is 11.5 Å². The van der Waals surface area contributed by atoms with Crippen molar-refractivity contribution < 1.29 is 14.3 Å². The van der Waals surface area contributed by atoms with Crippen LogP contribution < -0.4 is 9.47 Å². The summed E-state index contributed by atoms with van der Waals surface area (Å²) >= 11 is 12.6. The molecule has 0 aliphatic carbocycles. The zero-order valence-electron chi connectivity index (χ0n) is 25.7. The van der Waals surface area contributed by atoms with E-state index in [0.29, 0.717) is 40.5 Å². The van der Waals surface area contributed by atoms with Gasteiger partial charge in [0.05, 0.1) is 24.8 Å². The molecule has 3 aromatic carbocycles. The third-order valence-electron chi connectivity index (χ3n) is 7.99. The number of benzene rings is 3. The van der Waals surface area contributed by atoms with Crippen LogP contribution in [-0.2, 0) is 0 Å². The summed E-state index contributed by atoms with van der Waals surface area (Å²) in [5, 5.41) is 1.27. The third kappa shape index (κ3) is 6.79. The maximum Gasteiger partial charge on any atom is 0.326 e. The largest absolute Gasteiger partial charge is 0.497 e. The first-order valence-electron chi connectivity index (χ1n) is 14.7. The van der Waals surface area contributed by atoms with E-state index >= 15 is 0 Å². The lowest BCUT2D eigenvalue weighted by Gasteiger charge is -2.43. The van der Waals surface area contributed by atoms with Gasteiger partial charge in [-0.15, -0.1) is 0 Å². The molecule has 3 aromatic rings. The molecule has 1 fully saturated rings. The van der Waals surface area contributed by atoms with E-state index in [1.807, 2.05) is 90.4 Å². The van der Waals surface area contributed by atoms with Crippen molar-refractivity contribution in [3.05, 3.63) is 93.5 Å². The topological polar surface area (TPSA) is 57.6 Å². The van der Waals surface area contributed by atoms with Gasteiger partial charge < -0.3 is 14.4 Å². The SMILES string of the molecule is COc1ccc(C2=N[C@@H](c3ccc(Cl)cc3)[C@@H](c3ccc(Cl)cc3)N2C(=O)N2CCN(C(C)(C)C)CC2)c(OC(C)C)c1.